The quantitative estimate of drug-likeness (QED) is 0.457. The first-order chi connectivity index (χ1) is 9.93. The number of carbonyl (C=O) groups excluding carboxylic acids is 1. The fourth-order valence-corrected chi connectivity index (χ4v) is 3.10. The van der Waals surface area contributed by atoms with E-state index in [2.05, 4.69) is 27.9 Å². The Morgan fingerprint density at radius 3 is 2.43 bits per heavy atom. The molecule has 4 nitrogen and oxygen atoms in total. The van der Waals surface area contributed by atoms with E-state index in [9.17, 15) is 4.79 Å². The normalized spacial score (nSPS) is 20.2. The molecule has 1 aliphatic rings. The molecule has 21 heavy (non-hydrogen) atoms. The van der Waals surface area contributed by atoms with Gasteiger partial charge in [0.1, 0.15) is 13.2 Å². The summed E-state index contributed by atoms with van der Waals surface area (Å²) in [5.41, 5.74) is 0. The first-order valence-electron chi connectivity index (χ1n) is 8.76. The van der Waals surface area contributed by atoms with Gasteiger partial charge in [0, 0.05) is 12.8 Å². The van der Waals surface area contributed by atoms with E-state index in [-0.39, 0.29) is 5.97 Å². The van der Waals surface area contributed by atoms with Crippen molar-refractivity contribution >= 4 is 5.97 Å². The SMILES string of the molecule is CCCC[N+](C)(CC)CCOC(=O)CC[N+]1(C)CCCC1. The van der Waals surface area contributed by atoms with Crippen LogP contribution in [0.2, 0.25) is 0 Å². The van der Waals surface area contributed by atoms with Crippen molar-refractivity contribution in [2.24, 2.45) is 0 Å². The molecule has 1 unspecified atom stereocenters. The van der Waals surface area contributed by atoms with Crippen molar-refractivity contribution in [3.05, 3.63) is 0 Å². The van der Waals surface area contributed by atoms with Crippen molar-refractivity contribution in [1.82, 2.24) is 0 Å². The van der Waals surface area contributed by atoms with Gasteiger partial charge >= 0.3 is 5.97 Å². The summed E-state index contributed by atoms with van der Waals surface area (Å²) in [5.74, 6) is -0.0144. The number of nitrogens with zero attached hydrogens (tertiary/aromatic N) is 2. The van der Waals surface area contributed by atoms with Crippen LogP contribution in [0.15, 0.2) is 0 Å². The van der Waals surface area contributed by atoms with E-state index in [1.54, 1.807) is 0 Å². The third-order valence-electron chi connectivity index (χ3n) is 5.21. The third kappa shape index (κ3) is 6.79. The molecule has 1 rings (SSSR count). The summed E-state index contributed by atoms with van der Waals surface area (Å²) in [6.07, 6.45) is 5.64. The highest BCUT2D eigenvalue weighted by Gasteiger charge is 2.27. The maximum atomic E-state index is 11.9. The van der Waals surface area contributed by atoms with Crippen LogP contribution in [0.25, 0.3) is 0 Å². The van der Waals surface area contributed by atoms with Crippen LogP contribution in [0.1, 0.15) is 46.0 Å². The largest absolute Gasteiger partial charge is 0.460 e. The minimum Gasteiger partial charge on any atom is -0.460 e. The molecule has 0 aromatic carbocycles. The summed E-state index contributed by atoms with van der Waals surface area (Å²) in [6, 6.07) is 0. The molecule has 1 atom stereocenters. The third-order valence-corrected chi connectivity index (χ3v) is 5.21. The highest BCUT2D eigenvalue weighted by Crippen LogP contribution is 2.16. The molecule has 0 radical (unpaired) electrons. The first-order valence-corrected chi connectivity index (χ1v) is 8.76. The minimum atomic E-state index is -0.0144. The predicted octanol–water partition coefficient (Wildman–Crippen LogP) is 2.43. The number of rotatable bonds is 10. The van der Waals surface area contributed by atoms with Crippen LogP contribution >= 0.6 is 0 Å². The Bertz CT molecular complexity index is 314. The molecule has 0 spiro atoms. The summed E-state index contributed by atoms with van der Waals surface area (Å²) < 4.78 is 7.52. The lowest BCUT2D eigenvalue weighted by Gasteiger charge is -2.33. The first kappa shape index (κ1) is 18.4. The topological polar surface area (TPSA) is 26.3 Å². The Kier molecular flexibility index (Phi) is 7.67. The Balaban J connectivity index is 2.20. The second-order valence-electron chi connectivity index (χ2n) is 7.20. The molecule has 1 heterocycles. The zero-order chi connectivity index (χ0) is 15.8. The summed E-state index contributed by atoms with van der Waals surface area (Å²) >= 11 is 0. The number of unbranched alkanes of at least 4 members (excludes halogenated alkanes) is 1. The van der Waals surface area contributed by atoms with E-state index < -0.39 is 0 Å². The highest BCUT2D eigenvalue weighted by atomic mass is 16.5. The van der Waals surface area contributed by atoms with Crippen LogP contribution in [-0.4, -0.2) is 74.9 Å². The lowest BCUT2D eigenvalue weighted by Crippen LogP contribution is -2.47. The molecule has 0 aliphatic carbocycles. The molecule has 1 aliphatic heterocycles. The molecule has 0 bridgehead atoms. The van der Waals surface area contributed by atoms with Gasteiger partial charge in [-0.25, -0.2) is 0 Å². The van der Waals surface area contributed by atoms with Crippen molar-refractivity contribution < 1.29 is 18.5 Å². The van der Waals surface area contributed by atoms with Gasteiger partial charge < -0.3 is 13.7 Å². The summed E-state index contributed by atoms with van der Waals surface area (Å²) in [7, 11) is 4.52. The molecule has 124 valence electrons. The number of esters is 1. The highest BCUT2D eigenvalue weighted by molar-refractivity contribution is 5.69. The van der Waals surface area contributed by atoms with E-state index in [0.29, 0.717) is 13.0 Å². The summed E-state index contributed by atoms with van der Waals surface area (Å²) in [5, 5.41) is 0. The van der Waals surface area contributed by atoms with E-state index >= 15 is 0 Å². The van der Waals surface area contributed by atoms with Gasteiger partial charge in [-0.2, -0.15) is 0 Å². The molecule has 0 N–H and O–H groups in total. The molecule has 1 saturated heterocycles. The average molecular weight is 300 g/mol. The number of likely N-dealkylation sites (N-methyl/N-ethyl adjacent to an activating group) is 1. The van der Waals surface area contributed by atoms with Gasteiger partial charge in [-0.3, -0.25) is 4.79 Å². The molecular formula is C17H36N2O2+2. The van der Waals surface area contributed by atoms with Gasteiger partial charge in [0.05, 0.1) is 53.2 Å². The number of hydrogen-bond donors (Lipinski definition) is 0. The molecule has 0 amide bonds. The number of ether oxygens (including phenoxy) is 1. The van der Waals surface area contributed by atoms with Crippen molar-refractivity contribution in [2.45, 2.75) is 46.0 Å². The monoisotopic (exact) mass is 300 g/mol. The summed E-state index contributed by atoms with van der Waals surface area (Å²) in [4.78, 5) is 11.9. The zero-order valence-corrected chi connectivity index (χ0v) is 14.7. The van der Waals surface area contributed by atoms with Gasteiger partial charge in [-0.1, -0.05) is 13.3 Å². The van der Waals surface area contributed by atoms with Crippen molar-refractivity contribution in [3.8, 4) is 0 Å². The van der Waals surface area contributed by atoms with Crippen LogP contribution in [-0.2, 0) is 9.53 Å². The van der Waals surface area contributed by atoms with Crippen LogP contribution in [0, 0.1) is 0 Å². The second kappa shape index (κ2) is 8.74. The average Bonchev–Trinajstić information content (AvgIpc) is 2.90. The van der Waals surface area contributed by atoms with Gasteiger partial charge in [-0.05, 0) is 13.3 Å². The fourth-order valence-electron chi connectivity index (χ4n) is 3.10. The van der Waals surface area contributed by atoms with Crippen LogP contribution in [0.4, 0.5) is 0 Å². The number of hydrogen-bond acceptors (Lipinski definition) is 2. The lowest BCUT2D eigenvalue weighted by atomic mass is 10.2. The van der Waals surface area contributed by atoms with E-state index in [1.165, 1.54) is 45.3 Å². The van der Waals surface area contributed by atoms with Crippen molar-refractivity contribution in [3.63, 3.8) is 0 Å². The maximum absolute atomic E-state index is 11.9. The van der Waals surface area contributed by atoms with E-state index in [1.807, 2.05) is 0 Å². The molecule has 4 heteroatoms. The molecule has 0 aromatic rings. The Hall–Kier alpha value is -0.610. The number of quaternary nitrogens is 2. The summed E-state index contributed by atoms with van der Waals surface area (Å²) in [6.45, 7) is 11.6. The second-order valence-corrected chi connectivity index (χ2v) is 7.20. The molecule has 1 fully saturated rings. The minimum absolute atomic E-state index is 0.0144. The van der Waals surface area contributed by atoms with Crippen molar-refractivity contribution in [1.29, 1.82) is 0 Å². The van der Waals surface area contributed by atoms with Crippen LogP contribution in [0.5, 0.6) is 0 Å². The van der Waals surface area contributed by atoms with Gasteiger partial charge in [0.2, 0.25) is 0 Å². The zero-order valence-electron chi connectivity index (χ0n) is 14.7. The van der Waals surface area contributed by atoms with Crippen LogP contribution < -0.4 is 0 Å². The van der Waals surface area contributed by atoms with Gasteiger partial charge in [-0.15, -0.1) is 0 Å². The van der Waals surface area contributed by atoms with E-state index in [4.69, 9.17) is 4.74 Å². The van der Waals surface area contributed by atoms with E-state index in [0.717, 1.165) is 28.6 Å². The predicted molar refractivity (Wildman–Crippen MR) is 87.0 cm³/mol. The Labute approximate surface area is 131 Å². The fraction of sp³-hybridized carbons (Fsp3) is 0.941. The Morgan fingerprint density at radius 1 is 1.19 bits per heavy atom. The molecule has 0 aromatic heterocycles. The smallest absolute Gasteiger partial charge is 0.311 e. The van der Waals surface area contributed by atoms with Crippen LogP contribution in [0.3, 0.4) is 0 Å². The molecule has 0 saturated carbocycles. The van der Waals surface area contributed by atoms with Gasteiger partial charge in [0.15, 0.2) is 0 Å². The number of carbonyl (C=O) groups is 1. The van der Waals surface area contributed by atoms with Gasteiger partial charge in [0.25, 0.3) is 0 Å². The maximum Gasteiger partial charge on any atom is 0.311 e. The lowest BCUT2D eigenvalue weighted by molar-refractivity contribution is -0.908. The Morgan fingerprint density at radius 2 is 1.86 bits per heavy atom. The molecular weight excluding hydrogens is 264 g/mol. The standard InChI is InChI=1S/C17H36N2O2/c1-5-7-11-18(3,6-2)15-16-21-17(20)10-14-19(4)12-8-9-13-19/h5-16H2,1-4H3/q+2. The van der Waals surface area contributed by atoms with Crippen molar-refractivity contribution in [2.75, 3.05) is 60.0 Å². The number of likely N-dealkylation sites (tertiary alicyclic amines) is 1.